The van der Waals surface area contributed by atoms with E-state index < -0.39 is 5.91 Å². The highest BCUT2D eigenvalue weighted by molar-refractivity contribution is 5.94. The third-order valence-corrected chi connectivity index (χ3v) is 5.50. The number of benzene rings is 2. The molecule has 0 bridgehead atoms. The third-order valence-electron chi connectivity index (χ3n) is 5.50. The molecule has 1 aliphatic heterocycles. The lowest BCUT2D eigenvalue weighted by atomic mass is 9.92. The number of aromatic nitrogens is 2. The van der Waals surface area contributed by atoms with Gasteiger partial charge in [-0.15, -0.1) is 0 Å². The summed E-state index contributed by atoms with van der Waals surface area (Å²) < 4.78 is 1.69. The van der Waals surface area contributed by atoms with Crippen molar-refractivity contribution in [3.8, 4) is 5.69 Å². The molecule has 1 aromatic heterocycles. The van der Waals surface area contributed by atoms with Gasteiger partial charge in [0.1, 0.15) is 0 Å². The first-order chi connectivity index (χ1) is 14.5. The minimum absolute atomic E-state index is 0.0361. The van der Waals surface area contributed by atoms with Crippen LogP contribution in [-0.4, -0.2) is 38.6 Å². The van der Waals surface area contributed by atoms with Crippen LogP contribution >= 0.6 is 0 Å². The summed E-state index contributed by atoms with van der Waals surface area (Å²) in [5, 5.41) is 16.0. The second-order valence-corrected chi connectivity index (χ2v) is 7.53. The number of amides is 1. The van der Waals surface area contributed by atoms with Gasteiger partial charge in [-0.1, -0.05) is 36.4 Å². The Hall–Kier alpha value is -3.52. The first-order valence-corrected chi connectivity index (χ1v) is 9.92. The van der Waals surface area contributed by atoms with Crippen LogP contribution in [0.2, 0.25) is 0 Å². The Labute approximate surface area is 174 Å². The summed E-state index contributed by atoms with van der Waals surface area (Å²) in [6.45, 7) is 1.99. The van der Waals surface area contributed by atoms with Crippen molar-refractivity contribution in [2.24, 2.45) is 5.73 Å². The van der Waals surface area contributed by atoms with Crippen LogP contribution in [0.15, 0.2) is 60.8 Å². The van der Waals surface area contributed by atoms with Gasteiger partial charge in [-0.2, -0.15) is 5.10 Å². The fourth-order valence-electron chi connectivity index (χ4n) is 4.08. The Kier molecular flexibility index (Phi) is 5.58. The lowest BCUT2D eigenvalue weighted by Gasteiger charge is -2.32. The van der Waals surface area contributed by atoms with Gasteiger partial charge >= 0.3 is 0 Å². The summed E-state index contributed by atoms with van der Waals surface area (Å²) in [6.07, 6.45) is 3.50. The summed E-state index contributed by atoms with van der Waals surface area (Å²) in [4.78, 5) is 25.3. The van der Waals surface area contributed by atoms with Crippen molar-refractivity contribution in [1.82, 2.24) is 14.7 Å². The molecule has 4 rings (SSSR count). The molecule has 8 heteroatoms. The van der Waals surface area contributed by atoms with Crippen LogP contribution in [0.5, 0.6) is 0 Å². The number of para-hydroxylation sites is 2. The number of carbonyl (C=O) groups excluding carboxylic acids is 1. The number of nitro groups is 1. The molecule has 0 spiro atoms. The van der Waals surface area contributed by atoms with E-state index in [1.807, 2.05) is 36.4 Å². The second-order valence-electron chi connectivity index (χ2n) is 7.53. The number of rotatable bonds is 6. The van der Waals surface area contributed by atoms with Crippen molar-refractivity contribution in [1.29, 1.82) is 0 Å². The van der Waals surface area contributed by atoms with Crippen LogP contribution in [0.4, 0.5) is 5.69 Å². The molecule has 1 fully saturated rings. The number of hydrogen-bond acceptors (Lipinski definition) is 5. The summed E-state index contributed by atoms with van der Waals surface area (Å²) >= 11 is 0. The quantitative estimate of drug-likeness (QED) is 0.500. The van der Waals surface area contributed by atoms with E-state index >= 15 is 0 Å². The monoisotopic (exact) mass is 405 g/mol. The molecule has 3 aromatic rings. The van der Waals surface area contributed by atoms with Crippen molar-refractivity contribution < 1.29 is 9.72 Å². The average molecular weight is 405 g/mol. The molecule has 154 valence electrons. The molecule has 1 amide bonds. The predicted molar refractivity (Wildman–Crippen MR) is 112 cm³/mol. The van der Waals surface area contributed by atoms with E-state index in [0.717, 1.165) is 25.1 Å². The lowest BCUT2D eigenvalue weighted by molar-refractivity contribution is -0.385. The highest BCUT2D eigenvalue weighted by Crippen LogP contribution is 2.30. The van der Waals surface area contributed by atoms with Gasteiger partial charge in [0.05, 0.1) is 21.9 Å². The Morgan fingerprint density at radius 3 is 2.63 bits per heavy atom. The summed E-state index contributed by atoms with van der Waals surface area (Å²) in [6, 6.07) is 16.4. The number of hydrogen-bond donors (Lipinski definition) is 1. The molecular formula is C22H23N5O3. The number of nitro benzene ring substituents is 1. The first kappa shape index (κ1) is 19.8. The molecule has 30 heavy (non-hydrogen) atoms. The van der Waals surface area contributed by atoms with Crippen LogP contribution in [0.25, 0.3) is 5.69 Å². The first-order valence-electron chi connectivity index (χ1n) is 9.92. The van der Waals surface area contributed by atoms with E-state index in [-0.39, 0.29) is 16.5 Å². The van der Waals surface area contributed by atoms with E-state index in [1.165, 1.54) is 6.07 Å². The SMILES string of the molecule is NC(=O)c1cn(-c2ccccc2)nc1[C@H]1CCCN(Cc2ccccc2[N+](=O)[O-])C1. The van der Waals surface area contributed by atoms with E-state index in [1.54, 1.807) is 23.0 Å². The number of likely N-dealkylation sites (tertiary alicyclic amines) is 1. The van der Waals surface area contributed by atoms with Gasteiger partial charge in [-0.05, 0) is 31.5 Å². The molecule has 0 saturated carbocycles. The fraction of sp³-hybridized carbons (Fsp3) is 0.273. The Balaban J connectivity index is 1.58. The number of nitrogens with zero attached hydrogens (tertiary/aromatic N) is 4. The number of primary amides is 1. The number of nitrogens with two attached hydrogens (primary N) is 1. The molecule has 0 unspecified atom stereocenters. The second kappa shape index (κ2) is 8.46. The maximum atomic E-state index is 12.1. The summed E-state index contributed by atoms with van der Waals surface area (Å²) in [7, 11) is 0. The van der Waals surface area contributed by atoms with Crippen molar-refractivity contribution in [3.63, 3.8) is 0 Å². The molecule has 0 aliphatic carbocycles. The van der Waals surface area contributed by atoms with Gasteiger partial charge < -0.3 is 5.73 Å². The standard InChI is InChI=1S/C22H23N5O3/c23-22(28)19-15-26(18-9-2-1-3-10-18)24-21(19)17-8-6-12-25(14-17)13-16-7-4-5-11-20(16)27(29)30/h1-5,7,9-11,15,17H,6,8,12-14H2,(H2,23,28)/t17-/m0/s1. The van der Waals surface area contributed by atoms with Crippen LogP contribution in [0.3, 0.4) is 0 Å². The zero-order valence-electron chi connectivity index (χ0n) is 16.5. The van der Waals surface area contributed by atoms with Gasteiger partial charge in [-0.25, -0.2) is 4.68 Å². The predicted octanol–water partition coefficient (Wildman–Crippen LogP) is 3.26. The highest BCUT2D eigenvalue weighted by Gasteiger charge is 2.28. The molecule has 1 saturated heterocycles. The fourth-order valence-corrected chi connectivity index (χ4v) is 4.08. The normalized spacial score (nSPS) is 17.0. The molecule has 2 heterocycles. The number of carbonyl (C=O) groups is 1. The van der Waals surface area contributed by atoms with Crippen LogP contribution in [-0.2, 0) is 6.54 Å². The minimum Gasteiger partial charge on any atom is -0.365 e. The Morgan fingerprint density at radius 1 is 1.17 bits per heavy atom. The maximum Gasteiger partial charge on any atom is 0.273 e. The van der Waals surface area contributed by atoms with Gasteiger partial charge in [0.25, 0.3) is 11.6 Å². The summed E-state index contributed by atoms with van der Waals surface area (Å²) in [5.41, 5.74) is 8.44. The van der Waals surface area contributed by atoms with E-state index in [2.05, 4.69) is 4.90 Å². The van der Waals surface area contributed by atoms with E-state index in [9.17, 15) is 14.9 Å². The molecule has 2 N–H and O–H groups in total. The van der Waals surface area contributed by atoms with Crippen molar-refractivity contribution in [3.05, 3.63) is 87.7 Å². The van der Waals surface area contributed by atoms with Crippen LogP contribution < -0.4 is 5.73 Å². The zero-order valence-corrected chi connectivity index (χ0v) is 16.5. The maximum absolute atomic E-state index is 12.1. The van der Waals surface area contributed by atoms with E-state index in [4.69, 9.17) is 10.8 Å². The summed E-state index contributed by atoms with van der Waals surface area (Å²) in [5.74, 6) is -0.461. The zero-order chi connectivity index (χ0) is 21.1. The Morgan fingerprint density at radius 2 is 1.90 bits per heavy atom. The Bertz CT molecular complexity index is 1060. The lowest BCUT2D eigenvalue weighted by Crippen LogP contribution is -2.35. The van der Waals surface area contributed by atoms with E-state index in [0.29, 0.717) is 29.9 Å². The molecule has 1 atom stereocenters. The van der Waals surface area contributed by atoms with Crippen molar-refractivity contribution in [2.75, 3.05) is 13.1 Å². The largest absolute Gasteiger partial charge is 0.365 e. The minimum atomic E-state index is -0.497. The van der Waals surface area contributed by atoms with Gasteiger partial charge in [0, 0.05) is 36.8 Å². The average Bonchev–Trinajstić information content (AvgIpc) is 3.21. The van der Waals surface area contributed by atoms with Gasteiger partial charge in [-0.3, -0.25) is 19.8 Å². The molecule has 0 radical (unpaired) electrons. The topological polar surface area (TPSA) is 107 Å². The highest BCUT2D eigenvalue weighted by atomic mass is 16.6. The molecular weight excluding hydrogens is 382 g/mol. The number of piperidine rings is 1. The molecule has 1 aliphatic rings. The van der Waals surface area contributed by atoms with Gasteiger partial charge in [0.2, 0.25) is 0 Å². The van der Waals surface area contributed by atoms with Crippen molar-refractivity contribution in [2.45, 2.75) is 25.3 Å². The third kappa shape index (κ3) is 4.08. The van der Waals surface area contributed by atoms with Gasteiger partial charge in [0.15, 0.2) is 0 Å². The van der Waals surface area contributed by atoms with Crippen LogP contribution in [0.1, 0.15) is 40.4 Å². The molecule has 8 nitrogen and oxygen atoms in total. The smallest absolute Gasteiger partial charge is 0.273 e. The molecule has 2 aromatic carbocycles. The van der Waals surface area contributed by atoms with Crippen LogP contribution in [0, 0.1) is 10.1 Å². The van der Waals surface area contributed by atoms with Crippen molar-refractivity contribution >= 4 is 11.6 Å².